The van der Waals surface area contributed by atoms with Crippen LogP contribution < -0.4 is 10.2 Å². The Hall–Kier alpha value is -3.05. The minimum Gasteiger partial charge on any atom is -0.360 e. The third-order valence-corrected chi connectivity index (χ3v) is 6.85. The summed E-state index contributed by atoms with van der Waals surface area (Å²) in [6.45, 7) is 4.97. The molecule has 1 N–H and O–H groups in total. The molecular weight excluding hydrogens is 394 g/mol. The van der Waals surface area contributed by atoms with Crippen LogP contribution in [0.25, 0.3) is 0 Å². The third-order valence-electron chi connectivity index (χ3n) is 4.70. The maximum absolute atomic E-state index is 13.0. The number of rotatable bonds is 5. The summed E-state index contributed by atoms with van der Waals surface area (Å²) in [5, 5.41) is 6.90. The van der Waals surface area contributed by atoms with E-state index < -0.39 is 10.0 Å². The van der Waals surface area contributed by atoms with E-state index in [1.165, 1.54) is 10.6 Å². The van der Waals surface area contributed by atoms with Gasteiger partial charge in [-0.3, -0.25) is 0 Å². The van der Waals surface area contributed by atoms with Crippen molar-refractivity contribution in [3.05, 3.63) is 48.2 Å². The lowest BCUT2D eigenvalue weighted by Crippen LogP contribution is -2.49. The minimum absolute atomic E-state index is 0.162. The summed E-state index contributed by atoms with van der Waals surface area (Å²) in [5.74, 6) is 2.35. The minimum atomic E-state index is -3.64. The molecule has 11 heteroatoms. The van der Waals surface area contributed by atoms with E-state index in [4.69, 9.17) is 4.52 Å². The van der Waals surface area contributed by atoms with E-state index in [0.29, 0.717) is 49.3 Å². The fourth-order valence-electron chi connectivity index (χ4n) is 3.29. The summed E-state index contributed by atoms with van der Waals surface area (Å²) < 4.78 is 32.4. The van der Waals surface area contributed by atoms with Crippen LogP contribution in [0.5, 0.6) is 0 Å². The lowest BCUT2D eigenvalue weighted by Gasteiger charge is -2.34. The highest BCUT2D eigenvalue weighted by Gasteiger charge is 2.33. The predicted molar refractivity (Wildman–Crippen MR) is 107 cm³/mol. The Morgan fingerprint density at radius 3 is 2.48 bits per heavy atom. The Kier molecular flexibility index (Phi) is 5.16. The Bertz CT molecular complexity index is 1070. The van der Waals surface area contributed by atoms with E-state index in [0.717, 1.165) is 5.82 Å². The monoisotopic (exact) mass is 415 g/mol. The lowest BCUT2D eigenvalue weighted by atomic mass is 10.3. The molecule has 4 heterocycles. The second kappa shape index (κ2) is 7.76. The molecule has 3 aromatic rings. The number of nitrogens with zero attached hydrogens (tertiary/aromatic N) is 6. The topological polar surface area (TPSA) is 117 Å². The molecule has 0 aliphatic carbocycles. The first-order valence-corrected chi connectivity index (χ1v) is 10.6. The van der Waals surface area contributed by atoms with Crippen molar-refractivity contribution in [2.75, 3.05) is 36.4 Å². The largest absolute Gasteiger partial charge is 0.360 e. The molecule has 0 bridgehead atoms. The van der Waals surface area contributed by atoms with Crippen LogP contribution in [0, 0.1) is 13.8 Å². The molecule has 10 nitrogen and oxygen atoms in total. The summed E-state index contributed by atoms with van der Waals surface area (Å²) >= 11 is 0. The van der Waals surface area contributed by atoms with E-state index in [1.807, 2.05) is 29.2 Å². The molecule has 4 rings (SSSR count). The van der Waals surface area contributed by atoms with Crippen LogP contribution >= 0.6 is 0 Å². The summed E-state index contributed by atoms with van der Waals surface area (Å²) in [4.78, 5) is 15.0. The van der Waals surface area contributed by atoms with Gasteiger partial charge in [0.25, 0.3) is 0 Å². The van der Waals surface area contributed by atoms with Crippen LogP contribution in [0.15, 0.2) is 46.2 Å². The number of hydrogen-bond acceptors (Lipinski definition) is 9. The molecule has 1 fully saturated rings. The van der Waals surface area contributed by atoms with Crippen molar-refractivity contribution in [2.24, 2.45) is 0 Å². The highest BCUT2D eigenvalue weighted by molar-refractivity contribution is 7.89. The molecule has 0 radical (unpaired) electrons. The molecule has 1 saturated heterocycles. The number of piperazine rings is 1. The van der Waals surface area contributed by atoms with Crippen molar-refractivity contribution < 1.29 is 12.9 Å². The quantitative estimate of drug-likeness (QED) is 0.664. The molecule has 0 unspecified atom stereocenters. The summed E-state index contributed by atoms with van der Waals surface area (Å²) in [6, 6.07) is 7.40. The fourth-order valence-corrected chi connectivity index (χ4v) is 5.00. The van der Waals surface area contributed by atoms with Crippen molar-refractivity contribution >= 4 is 27.5 Å². The van der Waals surface area contributed by atoms with Gasteiger partial charge in [-0.15, -0.1) is 0 Å². The molecular formula is C18H21N7O3S. The van der Waals surface area contributed by atoms with Crippen LogP contribution in [0.1, 0.15) is 11.5 Å². The third kappa shape index (κ3) is 3.91. The van der Waals surface area contributed by atoms with Crippen molar-refractivity contribution in [1.82, 2.24) is 24.4 Å². The normalized spacial score (nSPS) is 15.4. The molecule has 0 spiro atoms. The van der Waals surface area contributed by atoms with E-state index in [-0.39, 0.29) is 4.90 Å². The van der Waals surface area contributed by atoms with E-state index >= 15 is 0 Å². The van der Waals surface area contributed by atoms with Gasteiger partial charge in [-0.1, -0.05) is 11.2 Å². The number of nitrogens with one attached hydrogen (secondary N) is 1. The van der Waals surface area contributed by atoms with Gasteiger partial charge in [0.1, 0.15) is 34.4 Å². The van der Waals surface area contributed by atoms with Gasteiger partial charge in [0.2, 0.25) is 10.0 Å². The van der Waals surface area contributed by atoms with Crippen molar-refractivity contribution in [2.45, 2.75) is 18.7 Å². The molecule has 1 aliphatic rings. The summed E-state index contributed by atoms with van der Waals surface area (Å²) in [5.41, 5.74) is 0.381. The number of sulfonamides is 1. The molecule has 29 heavy (non-hydrogen) atoms. The summed E-state index contributed by atoms with van der Waals surface area (Å²) in [7, 11) is -3.64. The van der Waals surface area contributed by atoms with Gasteiger partial charge >= 0.3 is 0 Å². The number of hydrogen-bond donors (Lipinski definition) is 1. The van der Waals surface area contributed by atoms with Crippen LogP contribution in [0.4, 0.5) is 17.5 Å². The van der Waals surface area contributed by atoms with Gasteiger partial charge in [0.05, 0.1) is 0 Å². The maximum atomic E-state index is 13.0. The fraction of sp³-hybridized carbons (Fsp3) is 0.333. The zero-order chi connectivity index (χ0) is 20.4. The standard InChI is InChI=1S/C18H21N7O3S/c1-13-18(14(2)28-23-13)29(26,27)25-9-7-24(8-10-25)17-11-16(20-12-21-17)22-15-5-3-4-6-19-15/h3-6,11-12H,7-10H2,1-2H3,(H,19,20,21,22). The van der Waals surface area contributed by atoms with Crippen molar-refractivity contribution in [3.8, 4) is 0 Å². The van der Waals surface area contributed by atoms with Gasteiger partial charge < -0.3 is 14.7 Å². The average Bonchev–Trinajstić information content (AvgIpc) is 3.08. The van der Waals surface area contributed by atoms with Crippen molar-refractivity contribution in [1.29, 1.82) is 0 Å². The molecule has 0 amide bonds. The number of aromatic nitrogens is 4. The first-order valence-electron chi connectivity index (χ1n) is 9.13. The molecule has 0 aromatic carbocycles. The van der Waals surface area contributed by atoms with E-state index in [9.17, 15) is 8.42 Å². The van der Waals surface area contributed by atoms with Crippen molar-refractivity contribution in [3.63, 3.8) is 0 Å². The van der Waals surface area contributed by atoms with Gasteiger partial charge in [-0.25, -0.2) is 23.4 Å². The first-order chi connectivity index (χ1) is 13.9. The SMILES string of the molecule is Cc1noc(C)c1S(=O)(=O)N1CCN(c2cc(Nc3ccccn3)ncn2)CC1. The van der Waals surface area contributed by atoms with Crippen LogP contribution in [0.2, 0.25) is 0 Å². The zero-order valence-corrected chi connectivity index (χ0v) is 16.9. The number of anilines is 3. The Morgan fingerprint density at radius 2 is 1.83 bits per heavy atom. The molecule has 0 saturated carbocycles. The molecule has 0 atom stereocenters. The van der Waals surface area contributed by atoms with Gasteiger partial charge in [0.15, 0.2) is 5.76 Å². The molecule has 3 aromatic heterocycles. The molecule has 152 valence electrons. The van der Waals surface area contributed by atoms with Gasteiger partial charge in [-0.2, -0.15) is 4.31 Å². The maximum Gasteiger partial charge on any atom is 0.248 e. The smallest absolute Gasteiger partial charge is 0.248 e. The van der Waals surface area contributed by atoms with E-state index in [1.54, 1.807) is 20.0 Å². The van der Waals surface area contributed by atoms with Crippen LogP contribution in [0.3, 0.4) is 0 Å². The number of pyridine rings is 1. The highest BCUT2D eigenvalue weighted by atomic mass is 32.2. The Labute approximate surface area is 168 Å². The second-order valence-electron chi connectivity index (χ2n) is 6.65. The number of aryl methyl sites for hydroxylation is 2. The molecule has 1 aliphatic heterocycles. The van der Waals surface area contributed by atoms with Crippen LogP contribution in [-0.4, -0.2) is 59.0 Å². The highest BCUT2D eigenvalue weighted by Crippen LogP contribution is 2.25. The zero-order valence-electron chi connectivity index (χ0n) is 16.1. The summed E-state index contributed by atoms with van der Waals surface area (Å²) in [6.07, 6.45) is 3.18. The average molecular weight is 415 g/mol. The van der Waals surface area contributed by atoms with Crippen LogP contribution in [-0.2, 0) is 10.0 Å². The van der Waals surface area contributed by atoms with E-state index in [2.05, 4.69) is 25.4 Å². The Morgan fingerprint density at radius 1 is 1.03 bits per heavy atom. The Balaban J connectivity index is 1.45. The van der Waals surface area contributed by atoms with Gasteiger partial charge in [0, 0.05) is 38.4 Å². The second-order valence-corrected chi connectivity index (χ2v) is 8.52. The van der Waals surface area contributed by atoms with Gasteiger partial charge in [-0.05, 0) is 26.0 Å². The first kappa shape index (κ1) is 19.3. The lowest BCUT2D eigenvalue weighted by molar-refractivity contribution is 0.378. The predicted octanol–water partition coefficient (Wildman–Crippen LogP) is 1.73.